The lowest BCUT2D eigenvalue weighted by Crippen LogP contribution is -2.30. The molecule has 1 aromatic rings. The first-order valence-electron chi connectivity index (χ1n) is 6.55. The molecule has 20 heavy (non-hydrogen) atoms. The highest BCUT2D eigenvalue weighted by Gasteiger charge is 2.30. The molecule has 0 bridgehead atoms. The van der Waals surface area contributed by atoms with Crippen molar-refractivity contribution in [3.05, 3.63) is 16.1 Å². The van der Waals surface area contributed by atoms with Crippen LogP contribution in [0.2, 0.25) is 0 Å². The Hall–Kier alpha value is -1.08. The molecule has 0 saturated carbocycles. The van der Waals surface area contributed by atoms with Crippen LogP contribution >= 0.6 is 23.1 Å². The van der Waals surface area contributed by atoms with Crippen LogP contribution in [0.3, 0.4) is 0 Å². The first kappa shape index (κ1) is 15.3. The molecule has 1 aromatic heterocycles. The molecule has 1 N–H and O–H groups in total. The first-order chi connectivity index (χ1) is 9.56. The topological polar surface area (TPSA) is 70.5 Å². The number of carbonyl (C=O) groups excluding carboxylic acids is 1. The number of thiazole rings is 1. The molecule has 0 aliphatic carbocycles. The number of hydrogen-bond acceptors (Lipinski definition) is 5. The molecule has 110 valence electrons. The summed E-state index contributed by atoms with van der Waals surface area (Å²) in [5, 5.41) is 12.0. The van der Waals surface area contributed by atoms with E-state index >= 15 is 0 Å². The van der Waals surface area contributed by atoms with Gasteiger partial charge in [0.25, 0.3) is 0 Å². The van der Waals surface area contributed by atoms with Crippen LogP contribution < -0.4 is 0 Å². The number of carboxylic acid groups (broad SMARTS) is 1. The minimum absolute atomic E-state index is 0.0655. The van der Waals surface area contributed by atoms with Crippen molar-refractivity contribution in [1.82, 2.24) is 9.88 Å². The van der Waals surface area contributed by atoms with Crippen LogP contribution in [0.15, 0.2) is 5.38 Å². The SMILES string of the molecule is Cc1nc(CSCCC(=O)N2CCC(C(=O)O)C2)cs1. The Balaban J connectivity index is 1.64. The number of aromatic nitrogens is 1. The second-order valence-corrected chi connectivity index (χ2v) is 6.99. The molecule has 0 spiro atoms. The fourth-order valence-corrected chi connectivity index (χ4v) is 3.70. The van der Waals surface area contributed by atoms with Crippen LogP contribution in [0, 0.1) is 12.8 Å². The van der Waals surface area contributed by atoms with Crippen molar-refractivity contribution in [2.24, 2.45) is 5.92 Å². The Morgan fingerprint density at radius 1 is 1.60 bits per heavy atom. The lowest BCUT2D eigenvalue weighted by atomic mass is 10.1. The van der Waals surface area contributed by atoms with Crippen molar-refractivity contribution in [3.63, 3.8) is 0 Å². The molecule has 1 amide bonds. The van der Waals surface area contributed by atoms with Gasteiger partial charge in [-0.2, -0.15) is 11.8 Å². The van der Waals surface area contributed by atoms with Gasteiger partial charge < -0.3 is 10.0 Å². The van der Waals surface area contributed by atoms with Crippen molar-refractivity contribution >= 4 is 35.0 Å². The number of hydrogen-bond donors (Lipinski definition) is 1. The molecule has 1 atom stereocenters. The fourth-order valence-electron chi connectivity index (χ4n) is 2.16. The Labute approximate surface area is 126 Å². The minimum Gasteiger partial charge on any atom is -0.481 e. The molecular weight excluding hydrogens is 296 g/mol. The average molecular weight is 314 g/mol. The van der Waals surface area contributed by atoms with Gasteiger partial charge in [0.1, 0.15) is 0 Å². The molecule has 2 rings (SSSR count). The summed E-state index contributed by atoms with van der Waals surface area (Å²) in [5.41, 5.74) is 1.07. The van der Waals surface area contributed by atoms with Crippen LogP contribution in [0.1, 0.15) is 23.5 Å². The van der Waals surface area contributed by atoms with Crippen LogP contribution in [0.5, 0.6) is 0 Å². The molecule has 1 unspecified atom stereocenters. The van der Waals surface area contributed by atoms with E-state index in [4.69, 9.17) is 5.11 Å². The summed E-state index contributed by atoms with van der Waals surface area (Å²) in [5.74, 6) is 0.466. The van der Waals surface area contributed by atoms with Crippen molar-refractivity contribution < 1.29 is 14.7 Å². The number of likely N-dealkylation sites (tertiary alicyclic amines) is 1. The lowest BCUT2D eigenvalue weighted by Gasteiger charge is -2.15. The van der Waals surface area contributed by atoms with Gasteiger partial charge in [0, 0.05) is 36.4 Å². The van der Waals surface area contributed by atoms with E-state index in [1.54, 1.807) is 28.0 Å². The third-order valence-electron chi connectivity index (χ3n) is 3.27. The van der Waals surface area contributed by atoms with Crippen molar-refractivity contribution in [3.8, 4) is 0 Å². The maximum atomic E-state index is 11.9. The summed E-state index contributed by atoms with van der Waals surface area (Å²) < 4.78 is 0. The maximum Gasteiger partial charge on any atom is 0.308 e. The number of carbonyl (C=O) groups is 2. The van der Waals surface area contributed by atoms with E-state index in [0.29, 0.717) is 25.9 Å². The summed E-state index contributed by atoms with van der Waals surface area (Å²) in [7, 11) is 0. The van der Waals surface area contributed by atoms with E-state index in [0.717, 1.165) is 22.2 Å². The second-order valence-electron chi connectivity index (χ2n) is 4.82. The molecular formula is C13H18N2O3S2. The lowest BCUT2D eigenvalue weighted by molar-refractivity contribution is -0.141. The standard InChI is InChI=1S/C13H18N2O3S2/c1-9-14-11(8-20-9)7-19-5-3-12(16)15-4-2-10(6-15)13(17)18/h8,10H,2-7H2,1H3,(H,17,18). The van der Waals surface area contributed by atoms with Crippen LogP contribution in [-0.4, -0.2) is 45.7 Å². The zero-order chi connectivity index (χ0) is 14.5. The quantitative estimate of drug-likeness (QED) is 0.813. The van der Waals surface area contributed by atoms with E-state index in [9.17, 15) is 9.59 Å². The van der Waals surface area contributed by atoms with E-state index < -0.39 is 5.97 Å². The van der Waals surface area contributed by atoms with Crippen LogP contribution in [0.25, 0.3) is 0 Å². The zero-order valence-corrected chi connectivity index (χ0v) is 13.0. The van der Waals surface area contributed by atoms with E-state index in [1.807, 2.05) is 12.3 Å². The molecule has 0 radical (unpaired) electrons. The zero-order valence-electron chi connectivity index (χ0n) is 11.4. The van der Waals surface area contributed by atoms with E-state index in [1.165, 1.54) is 0 Å². The summed E-state index contributed by atoms with van der Waals surface area (Å²) >= 11 is 3.33. The smallest absolute Gasteiger partial charge is 0.308 e. The highest BCUT2D eigenvalue weighted by molar-refractivity contribution is 7.98. The number of thioether (sulfide) groups is 1. The van der Waals surface area contributed by atoms with Crippen molar-refractivity contribution in [2.75, 3.05) is 18.8 Å². The Bertz CT molecular complexity index is 490. The molecule has 7 heteroatoms. The minimum atomic E-state index is -0.798. The highest BCUT2D eigenvalue weighted by Crippen LogP contribution is 2.19. The molecule has 1 aliphatic rings. The van der Waals surface area contributed by atoms with Gasteiger partial charge >= 0.3 is 5.97 Å². The van der Waals surface area contributed by atoms with E-state index in [2.05, 4.69) is 4.98 Å². The Morgan fingerprint density at radius 2 is 2.40 bits per heavy atom. The normalized spacial score (nSPS) is 18.4. The average Bonchev–Trinajstić information content (AvgIpc) is 3.03. The van der Waals surface area contributed by atoms with Gasteiger partial charge in [-0.3, -0.25) is 9.59 Å². The number of nitrogens with zero attached hydrogens (tertiary/aromatic N) is 2. The number of carboxylic acids is 1. The van der Waals surface area contributed by atoms with Crippen molar-refractivity contribution in [1.29, 1.82) is 0 Å². The highest BCUT2D eigenvalue weighted by atomic mass is 32.2. The summed E-state index contributed by atoms with van der Waals surface area (Å²) in [6.07, 6.45) is 1.05. The molecule has 1 fully saturated rings. The Kier molecular flexibility index (Phi) is 5.42. The maximum absolute atomic E-state index is 11.9. The molecule has 0 aromatic carbocycles. The molecule has 1 saturated heterocycles. The van der Waals surface area contributed by atoms with Gasteiger partial charge in [0.15, 0.2) is 0 Å². The third kappa shape index (κ3) is 4.21. The molecule has 5 nitrogen and oxygen atoms in total. The van der Waals surface area contributed by atoms with Gasteiger partial charge in [-0.25, -0.2) is 4.98 Å². The predicted octanol–water partition coefficient (Wildman–Crippen LogP) is 2.01. The van der Waals surface area contributed by atoms with Crippen LogP contribution in [0.4, 0.5) is 0 Å². The van der Waals surface area contributed by atoms with Crippen LogP contribution in [-0.2, 0) is 15.3 Å². The van der Waals surface area contributed by atoms with E-state index in [-0.39, 0.29) is 11.8 Å². The third-order valence-corrected chi connectivity index (χ3v) is 5.08. The predicted molar refractivity (Wildman–Crippen MR) is 80.0 cm³/mol. The summed E-state index contributed by atoms with van der Waals surface area (Å²) in [4.78, 5) is 28.8. The van der Waals surface area contributed by atoms with Gasteiger partial charge in [-0.15, -0.1) is 11.3 Å². The number of aryl methyl sites for hydroxylation is 1. The summed E-state index contributed by atoms with van der Waals surface area (Å²) in [6.45, 7) is 2.92. The van der Waals surface area contributed by atoms with Gasteiger partial charge in [-0.05, 0) is 13.3 Å². The summed E-state index contributed by atoms with van der Waals surface area (Å²) in [6, 6.07) is 0. The largest absolute Gasteiger partial charge is 0.481 e. The van der Waals surface area contributed by atoms with Gasteiger partial charge in [0.2, 0.25) is 5.91 Å². The molecule has 2 heterocycles. The fraction of sp³-hybridized carbons (Fsp3) is 0.615. The van der Waals surface area contributed by atoms with Gasteiger partial charge in [-0.1, -0.05) is 0 Å². The molecule has 1 aliphatic heterocycles. The first-order valence-corrected chi connectivity index (χ1v) is 8.59. The van der Waals surface area contributed by atoms with Gasteiger partial charge in [0.05, 0.1) is 16.6 Å². The van der Waals surface area contributed by atoms with Crippen molar-refractivity contribution in [2.45, 2.75) is 25.5 Å². The number of rotatable bonds is 6. The number of amides is 1. The number of aliphatic carboxylic acids is 1. The monoisotopic (exact) mass is 314 g/mol. The Morgan fingerprint density at radius 3 is 3.00 bits per heavy atom. The second kappa shape index (κ2) is 7.08.